The Kier molecular flexibility index (Phi) is 13.8. The first-order valence-corrected chi connectivity index (χ1v) is 19.4. The summed E-state index contributed by atoms with van der Waals surface area (Å²) >= 11 is 14.3. The second-order valence-electron chi connectivity index (χ2n) is 11.4. The molecule has 0 saturated heterocycles. The van der Waals surface area contributed by atoms with E-state index in [0.717, 1.165) is 14.8 Å². The maximum absolute atomic E-state index is 14.8. The Morgan fingerprint density at radius 2 is 1.59 bits per heavy atom. The lowest BCUT2D eigenvalue weighted by molar-refractivity contribution is -0.140. The van der Waals surface area contributed by atoms with Gasteiger partial charge in [0.25, 0.3) is 10.0 Å². The van der Waals surface area contributed by atoms with Crippen LogP contribution in [0.4, 0.5) is 5.69 Å². The highest BCUT2D eigenvalue weighted by Crippen LogP contribution is 2.34. The predicted molar refractivity (Wildman–Crippen MR) is 199 cm³/mol. The number of hydrogen-bond donors (Lipinski definition) is 1. The largest absolute Gasteiger partial charge is 0.492 e. The molecule has 0 aliphatic rings. The molecule has 0 spiro atoms. The normalized spacial score (nSPS) is 12.5. The standard InChI is InChI=1S/C37H41Cl2N3O5S2/c1-5-26(3)40-37(44)34(22-27-12-8-7-9-13-27)41(24-28-16-17-29(38)23-32(28)39)36(43)25-42(33-14-10-11-15-35(33)47-6-2)49(45,46)31-20-18-30(48-4)19-21-31/h7-21,23,26,34H,5-6,22,24-25H2,1-4H3,(H,40,44)/t26-,34-/m1/s1. The van der Waals surface area contributed by atoms with E-state index in [0.29, 0.717) is 27.8 Å². The lowest BCUT2D eigenvalue weighted by Gasteiger charge is -2.34. The second kappa shape index (κ2) is 17.8. The number of halogens is 2. The third-order valence-electron chi connectivity index (χ3n) is 7.99. The van der Waals surface area contributed by atoms with Crippen molar-refractivity contribution in [1.29, 1.82) is 0 Å². The number of nitrogens with one attached hydrogen (secondary N) is 1. The van der Waals surface area contributed by atoms with Crippen LogP contribution in [0.15, 0.2) is 107 Å². The van der Waals surface area contributed by atoms with Gasteiger partial charge in [-0.15, -0.1) is 11.8 Å². The quantitative estimate of drug-likeness (QED) is 0.118. The molecule has 0 fully saturated rings. The van der Waals surface area contributed by atoms with E-state index < -0.39 is 28.5 Å². The number of thioether (sulfide) groups is 1. The molecule has 12 heteroatoms. The minimum Gasteiger partial charge on any atom is -0.492 e. The Morgan fingerprint density at radius 3 is 2.22 bits per heavy atom. The molecule has 4 aromatic rings. The van der Waals surface area contributed by atoms with Crippen molar-refractivity contribution in [3.8, 4) is 5.75 Å². The number of amides is 2. The molecule has 2 atom stereocenters. The molecule has 2 amide bonds. The zero-order valence-electron chi connectivity index (χ0n) is 27.9. The van der Waals surface area contributed by atoms with Crippen LogP contribution in [0.25, 0.3) is 0 Å². The Bertz CT molecular complexity index is 1830. The van der Waals surface area contributed by atoms with E-state index in [1.807, 2.05) is 50.4 Å². The van der Waals surface area contributed by atoms with E-state index in [-0.39, 0.29) is 42.1 Å². The molecule has 0 aromatic heterocycles. The maximum atomic E-state index is 14.8. The minimum absolute atomic E-state index is 0.00652. The Hall–Kier alpha value is -3.70. The molecule has 1 N–H and O–H groups in total. The number of carbonyl (C=O) groups is 2. The topological polar surface area (TPSA) is 96.0 Å². The smallest absolute Gasteiger partial charge is 0.264 e. The van der Waals surface area contributed by atoms with Crippen LogP contribution in [0, 0.1) is 0 Å². The monoisotopic (exact) mass is 741 g/mol. The van der Waals surface area contributed by atoms with E-state index >= 15 is 0 Å². The highest BCUT2D eigenvalue weighted by Gasteiger charge is 2.36. The number of para-hydroxylation sites is 2. The number of benzene rings is 4. The third-order valence-corrected chi connectivity index (χ3v) is 11.1. The van der Waals surface area contributed by atoms with Crippen LogP contribution in [-0.4, -0.2) is 56.6 Å². The summed E-state index contributed by atoms with van der Waals surface area (Å²) in [6.07, 6.45) is 2.76. The molecule has 0 heterocycles. The van der Waals surface area contributed by atoms with E-state index in [9.17, 15) is 18.0 Å². The van der Waals surface area contributed by atoms with Crippen molar-refractivity contribution in [2.45, 2.75) is 62.0 Å². The zero-order chi connectivity index (χ0) is 35.6. The summed E-state index contributed by atoms with van der Waals surface area (Å²) in [4.78, 5) is 31.1. The Morgan fingerprint density at radius 1 is 0.918 bits per heavy atom. The lowest BCUT2D eigenvalue weighted by atomic mass is 10.0. The van der Waals surface area contributed by atoms with Gasteiger partial charge in [0.1, 0.15) is 18.3 Å². The van der Waals surface area contributed by atoms with Crippen LogP contribution in [0.1, 0.15) is 38.3 Å². The van der Waals surface area contributed by atoms with Gasteiger partial charge in [-0.05, 0) is 86.2 Å². The summed E-state index contributed by atoms with van der Waals surface area (Å²) in [5, 5.41) is 3.76. The van der Waals surface area contributed by atoms with Crippen molar-refractivity contribution >= 4 is 62.5 Å². The summed E-state index contributed by atoms with van der Waals surface area (Å²) < 4.78 is 35.8. The lowest BCUT2D eigenvalue weighted by Crippen LogP contribution is -2.54. The Labute approximate surface area is 303 Å². The molecule has 0 radical (unpaired) electrons. The second-order valence-corrected chi connectivity index (χ2v) is 15.0. The summed E-state index contributed by atoms with van der Waals surface area (Å²) in [6, 6.07) is 26.3. The van der Waals surface area contributed by atoms with Gasteiger partial charge >= 0.3 is 0 Å². The average molecular weight is 743 g/mol. The summed E-state index contributed by atoms with van der Waals surface area (Å²) in [6.45, 7) is 5.22. The van der Waals surface area contributed by atoms with Crippen LogP contribution in [-0.2, 0) is 32.6 Å². The SMILES string of the molecule is CCOc1ccccc1N(CC(=O)N(Cc1ccc(Cl)cc1Cl)[C@H](Cc1ccccc1)C(=O)N[C@H](C)CC)S(=O)(=O)c1ccc(SC)cc1. The molecule has 0 bridgehead atoms. The zero-order valence-corrected chi connectivity index (χ0v) is 31.1. The molecule has 260 valence electrons. The van der Waals surface area contributed by atoms with Crippen molar-refractivity contribution in [3.05, 3.63) is 118 Å². The number of nitrogens with zero attached hydrogens (tertiary/aromatic N) is 2. The van der Waals surface area contributed by atoms with Gasteiger partial charge < -0.3 is 15.0 Å². The number of carbonyl (C=O) groups excluding carboxylic acids is 2. The molecule has 49 heavy (non-hydrogen) atoms. The number of anilines is 1. The summed E-state index contributed by atoms with van der Waals surface area (Å²) in [5.41, 5.74) is 1.57. The van der Waals surface area contributed by atoms with Crippen LogP contribution in [0.2, 0.25) is 10.0 Å². The average Bonchev–Trinajstić information content (AvgIpc) is 3.10. The van der Waals surface area contributed by atoms with Gasteiger partial charge in [-0.3, -0.25) is 13.9 Å². The van der Waals surface area contributed by atoms with Crippen molar-refractivity contribution in [2.75, 3.05) is 23.7 Å². The molecular weight excluding hydrogens is 701 g/mol. The van der Waals surface area contributed by atoms with Gasteiger partial charge in [-0.25, -0.2) is 8.42 Å². The Balaban J connectivity index is 1.86. The third kappa shape index (κ3) is 9.94. The number of sulfonamides is 1. The molecular formula is C37H41Cl2N3O5S2. The van der Waals surface area contributed by atoms with Gasteiger partial charge in [0.15, 0.2) is 0 Å². The van der Waals surface area contributed by atoms with E-state index in [1.165, 1.54) is 28.8 Å². The van der Waals surface area contributed by atoms with Gasteiger partial charge in [0, 0.05) is 33.9 Å². The summed E-state index contributed by atoms with van der Waals surface area (Å²) in [7, 11) is -4.31. The van der Waals surface area contributed by atoms with Crippen LogP contribution < -0.4 is 14.4 Å². The number of hydrogen-bond acceptors (Lipinski definition) is 6. The first-order valence-electron chi connectivity index (χ1n) is 15.9. The minimum atomic E-state index is -4.31. The fourth-order valence-corrected chi connectivity index (χ4v) is 7.46. The molecule has 0 unspecified atom stereocenters. The summed E-state index contributed by atoms with van der Waals surface area (Å²) in [5.74, 6) is -0.681. The number of ether oxygens (including phenoxy) is 1. The van der Waals surface area contributed by atoms with Gasteiger partial charge in [-0.1, -0.05) is 78.7 Å². The van der Waals surface area contributed by atoms with E-state index in [4.69, 9.17) is 27.9 Å². The van der Waals surface area contributed by atoms with Crippen molar-refractivity contribution in [3.63, 3.8) is 0 Å². The van der Waals surface area contributed by atoms with Gasteiger partial charge in [0.05, 0.1) is 17.2 Å². The maximum Gasteiger partial charge on any atom is 0.264 e. The molecule has 4 rings (SSSR count). The first-order chi connectivity index (χ1) is 23.5. The van der Waals surface area contributed by atoms with Gasteiger partial charge in [0.2, 0.25) is 11.8 Å². The molecule has 0 aliphatic heterocycles. The molecule has 0 aliphatic carbocycles. The van der Waals surface area contributed by atoms with Crippen LogP contribution >= 0.6 is 35.0 Å². The van der Waals surface area contributed by atoms with E-state index in [1.54, 1.807) is 61.5 Å². The van der Waals surface area contributed by atoms with Crippen molar-refractivity contribution < 1.29 is 22.7 Å². The highest BCUT2D eigenvalue weighted by molar-refractivity contribution is 7.98. The first kappa shape index (κ1) is 38.1. The molecule has 8 nitrogen and oxygen atoms in total. The fraction of sp³-hybridized carbons (Fsp3) is 0.297. The van der Waals surface area contributed by atoms with E-state index in [2.05, 4.69) is 5.32 Å². The predicted octanol–water partition coefficient (Wildman–Crippen LogP) is 7.86. The highest BCUT2D eigenvalue weighted by atomic mass is 35.5. The van der Waals surface area contributed by atoms with Crippen LogP contribution in [0.5, 0.6) is 5.75 Å². The van der Waals surface area contributed by atoms with Crippen molar-refractivity contribution in [1.82, 2.24) is 10.2 Å². The molecule has 0 saturated carbocycles. The van der Waals surface area contributed by atoms with Gasteiger partial charge in [-0.2, -0.15) is 0 Å². The number of rotatable bonds is 16. The van der Waals surface area contributed by atoms with Crippen molar-refractivity contribution in [2.24, 2.45) is 0 Å². The van der Waals surface area contributed by atoms with Crippen LogP contribution in [0.3, 0.4) is 0 Å². The fourth-order valence-electron chi connectivity index (χ4n) is 5.16. The molecule has 4 aromatic carbocycles.